The minimum Gasteiger partial charge on any atom is -0.349 e. The van der Waals surface area contributed by atoms with E-state index in [0.717, 1.165) is 6.42 Å². The van der Waals surface area contributed by atoms with Gasteiger partial charge in [-0.05, 0) is 38.0 Å². The molecule has 0 aliphatic rings. The molecule has 1 nitrogen and oxygen atoms in total. The van der Waals surface area contributed by atoms with Gasteiger partial charge in [-0.15, -0.1) is 0 Å². The van der Waals surface area contributed by atoms with Gasteiger partial charge in [0.1, 0.15) is 0 Å². The van der Waals surface area contributed by atoms with Gasteiger partial charge in [0.15, 0.2) is 0 Å². The Morgan fingerprint density at radius 2 is 1.94 bits per heavy atom. The van der Waals surface area contributed by atoms with Gasteiger partial charge in [0.05, 0.1) is 0 Å². The predicted molar refractivity (Wildman–Crippen MR) is 75.0 cm³/mol. The Morgan fingerprint density at radius 3 is 2.38 bits per heavy atom. The second-order valence-electron chi connectivity index (χ2n) is 3.53. The molecule has 0 N–H and O–H groups in total. The summed E-state index contributed by atoms with van der Waals surface area (Å²) in [4.78, 5) is 2.24. The van der Waals surface area contributed by atoms with Crippen LogP contribution in [0.15, 0.2) is 36.0 Å². The van der Waals surface area contributed by atoms with Gasteiger partial charge in [-0.3, -0.25) is 0 Å². The molecule has 1 aromatic rings. The van der Waals surface area contributed by atoms with E-state index in [-0.39, 0.29) is 0 Å². The van der Waals surface area contributed by atoms with Crippen molar-refractivity contribution in [2.75, 3.05) is 11.9 Å². The van der Waals surface area contributed by atoms with Gasteiger partial charge in [0.2, 0.25) is 0 Å². The minimum absolute atomic E-state index is 1.07. The number of aryl methyl sites for hydroxylation is 1. The molecule has 0 bridgehead atoms. The Hall–Kier alpha value is -1.24. The summed E-state index contributed by atoms with van der Waals surface area (Å²) < 4.78 is 0. The van der Waals surface area contributed by atoms with Crippen LogP contribution in [0.1, 0.15) is 39.7 Å². The number of hydrogen-bond acceptors (Lipinski definition) is 1. The van der Waals surface area contributed by atoms with Crippen LogP contribution in [0.25, 0.3) is 0 Å². The lowest BCUT2D eigenvalue weighted by atomic mass is 10.2. The molecule has 0 atom stereocenters. The lowest BCUT2D eigenvalue weighted by Gasteiger charge is -2.22. The summed E-state index contributed by atoms with van der Waals surface area (Å²) in [6.07, 6.45) is 3.24. The first-order valence-corrected chi connectivity index (χ1v) is 6.14. The van der Waals surface area contributed by atoms with Crippen LogP contribution < -0.4 is 4.90 Å². The van der Waals surface area contributed by atoms with Crippen molar-refractivity contribution in [2.24, 2.45) is 0 Å². The molecule has 0 saturated heterocycles. The molecule has 90 valence electrons. The fraction of sp³-hybridized carbons (Fsp3) is 0.467. The topological polar surface area (TPSA) is 3.24 Å². The first kappa shape index (κ1) is 14.8. The monoisotopic (exact) mass is 219 g/mol. The Kier molecular flexibility index (Phi) is 7.36. The number of allylic oxidation sites excluding steroid dienone is 2. The zero-order chi connectivity index (χ0) is 12.6. The first-order valence-electron chi connectivity index (χ1n) is 6.14. The van der Waals surface area contributed by atoms with E-state index < -0.39 is 0 Å². The van der Waals surface area contributed by atoms with E-state index in [4.69, 9.17) is 0 Å². The third-order valence-electron chi connectivity index (χ3n) is 2.52. The minimum atomic E-state index is 1.07. The molecule has 0 amide bonds. The predicted octanol–water partition coefficient (Wildman–Crippen LogP) is 4.77. The molecular weight excluding hydrogens is 194 g/mol. The highest BCUT2D eigenvalue weighted by molar-refractivity contribution is 5.52. The molecule has 0 saturated carbocycles. The van der Waals surface area contributed by atoms with E-state index in [2.05, 4.69) is 63.1 Å². The summed E-state index contributed by atoms with van der Waals surface area (Å²) in [5.74, 6) is 0. The fourth-order valence-electron chi connectivity index (χ4n) is 1.64. The van der Waals surface area contributed by atoms with Crippen LogP contribution in [0.2, 0.25) is 0 Å². The van der Waals surface area contributed by atoms with Gasteiger partial charge in [-0.25, -0.2) is 0 Å². The van der Waals surface area contributed by atoms with Crippen LogP contribution in [0.3, 0.4) is 0 Å². The molecule has 0 aliphatic carbocycles. The van der Waals surface area contributed by atoms with E-state index in [9.17, 15) is 0 Å². The molecule has 1 heteroatoms. The van der Waals surface area contributed by atoms with E-state index in [0.29, 0.717) is 0 Å². The lowest BCUT2D eigenvalue weighted by molar-refractivity contribution is 0.971. The average molecular weight is 219 g/mol. The van der Waals surface area contributed by atoms with Crippen LogP contribution in [-0.4, -0.2) is 7.05 Å². The van der Waals surface area contributed by atoms with Crippen LogP contribution in [-0.2, 0) is 0 Å². The molecule has 1 rings (SSSR count). The molecule has 0 aliphatic heterocycles. The van der Waals surface area contributed by atoms with Crippen LogP contribution >= 0.6 is 0 Å². The van der Waals surface area contributed by atoms with E-state index in [1.165, 1.54) is 16.9 Å². The van der Waals surface area contributed by atoms with Crippen LogP contribution in [0, 0.1) is 6.92 Å². The van der Waals surface area contributed by atoms with Gasteiger partial charge in [-0.2, -0.15) is 0 Å². The van der Waals surface area contributed by atoms with E-state index >= 15 is 0 Å². The van der Waals surface area contributed by atoms with E-state index in [1.807, 2.05) is 13.8 Å². The number of anilines is 1. The van der Waals surface area contributed by atoms with Crippen LogP contribution in [0.4, 0.5) is 5.69 Å². The van der Waals surface area contributed by atoms with Gasteiger partial charge >= 0.3 is 0 Å². The summed E-state index contributed by atoms with van der Waals surface area (Å²) >= 11 is 0. The maximum absolute atomic E-state index is 2.24. The van der Waals surface area contributed by atoms with E-state index in [1.54, 1.807) is 0 Å². The van der Waals surface area contributed by atoms with Crippen molar-refractivity contribution in [2.45, 2.75) is 41.0 Å². The third-order valence-corrected chi connectivity index (χ3v) is 2.52. The van der Waals surface area contributed by atoms with Crippen molar-refractivity contribution in [3.05, 3.63) is 41.6 Å². The zero-order valence-corrected chi connectivity index (χ0v) is 11.5. The highest BCUT2D eigenvalue weighted by atomic mass is 15.1. The Morgan fingerprint density at radius 1 is 1.31 bits per heavy atom. The van der Waals surface area contributed by atoms with Crippen molar-refractivity contribution >= 4 is 5.69 Å². The maximum Gasteiger partial charge on any atom is 0.0408 e. The smallest absolute Gasteiger partial charge is 0.0408 e. The molecular formula is C15H25N. The van der Waals surface area contributed by atoms with Crippen molar-refractivity contribution in [1.82, 2.24) is 0 Å². The van der Waals surface area contributed by atoms with Crippen LogP contribution in [0.5, 0.6) is 0 Å². The second-order valence-corrected chi connectivity index (χ2v) is 3.53. The molecule has 0 heterocycles. The highest BCUT2D eigenvalue weighted by Gasteiger charge is 2.03. The van der Waals surface area contributed by atoms with Crippen molar-refractivity contribution in [3.63, 3.8) is 0 Å². The second kappa shape index (κ2) is 7.98. The highest BCUT2D eigenvalue weighted by Crippen LogP contribution is 2.19. The molecule has 16 heavy (non-hydrogen) atoms. The number of benzene rings is 1. The maximum atomic E-state index is 2.24. The van der Waals surface area contributed by atoms with Crippen molar-refractivity contribution < 1.29 is 0 Å². The summed E-state index contributed by atoms with van der Waals surface area (Å²) in [6, 6.07) is 8.58. The number of hydrogen-bond donors (Lipinski definition) is 0. The molecule has 0 aromatic heterocycles. The SMILES string of the molecule is C/C=C(/CC)N(C)c1cccc(C)c1.CC. The Labute approximate surface area is 101 Å². The normalized spacial score (nSPS) is 10.5. The van der Waals surface area contributed by atoms with Gasteiger partial charge in [0.25, 0.3) is 0 Å². The first-order chi connectivity index (χ1) is 7.69. The molecule has 1 aromatic carbocycles. The summed E-state index contributed by atoms with van der Waals surface area (Å²) in [5.41, 5.74) is 3.93. The molecule has 0 spiro atoms. The quantitative estimate of drug-likeness (QED) is 0.707. The fourth-order valence-corrected chi connectivity index (χ4v) is 1.64. The number of rotatable bonds is 3. The van der Waals surface area contributed by atoms with Crippen molar-refractivity contribution in [3.8, 4) is 0 Å². The lowest BCUT2D eigenvalue weighted by Crippen LogP contribution is -2.15. The molecule has 0 radical (unpaired) electrons. The average Bonchev–Trinajstić information content (AvgIpc) is 2.33. The summed E-state index contributed by atoms with van der Waals surface area (Å²) in [5, 5.41) is 0. The largest absolute Gasteiger partial charge is 0.349 e. The Bertz CT molecular complexity index is 326. The van der Waals surface area contributed by atoms with Crippen molar-refractivity contribution in [1.29, 1.82) is 0 Å². The molecule has 0 unspecified atom stereocenters. The van der Waals surface area contributed by atoms with Gasteiger partial charge < -0.3 is 4.90 Å². The van der Waals surface area contributed by atoms with Gasteiger partial charge in [-0.1, -0.05) is 39.0 Å². The summed E-state index contributed by atoms with van der Waals surface area (Å²) in [6.45, 7) is 10.4. The summed E-state index contributed by atoms with van der Waals surface area (Å²) in [7, 11) is 2.12. The molecule has 0 fully saturated rings. The standard InChI is InChI=1S/C13H19N.C2H6/c1-5-12(6-2)14(4)13-9-7-8-11(3)10-13;1-2/h5,7-10H,6H2,1-4H3;1-2H3/b12-5-;. The third kappa shape index (κ3) is 4.09. The zero-order valence-electron chi connectivity index (χ0n) is 11.5. The Balaban J connectivity index is 0.00000106. The van der Waals surface area contributed by atoms with Gasteiger partial charge in [0, 0.05) is 18.4 Å². The number of nitrogens with zero attached hydrogens (tertiary/aromatic N) is 1.